The van der Waals surface area contributed by atoms with Gasteiger partial charge in [0.1, 0.15) is 27.1 Å². The SMILES string of the molecule is CCc1ccc(C(=O)O)cc1S(=O)(=O)Cc1cc(C(F)(F)F)ccc1C1=CC=C(C)C1.CCc1ccc(C(=O)O)cc1S(=O)(=O)Cc1cc(C(F)(F)F)ccc1C1=CC=C(OC)C1.COc1ccc(C(=O)O)cc1S(=O)(=O)Cc1cc(C#N)ccc1-c1cccc(F)c1.COc1ccc(C(=O)O)cc1S(=O)(=O)Cc1cc(C#N)ccc1-c1ccccc1. The number of rotatable bonds is 25. The average Bonchev–Trinajstić information content (AvgIpc) is 1.02. The number of hydrogen-bond acceptors (Lipinski definition) is 17. The molecule has 0 fully saturated rings. The van der Waals surface area contributed by atoms with Gasteiger partial charge in [0.25, 0.3) is 0 Å². The maximum absolute atomic E-state index is 13.7. The summed E-state index contributed by atoms with van der Waals surface area (Å²) < 4.78 is 215. The van der Waals surface area contributed by atoms with Crippen molar-refractivity contribution in [3.05, 3.63) is 331 Å². The molecule has 12 rings (SSSR count). The quantitative estimate of drug-likeness (QED) is 0.0386. The van der Waals surface area contributed by atoms with Crippen molar-refractivity contribution in [3.8, 4) is 45.9 Å². The fourth-order valence-electron chi connectivity index (χ4n) is 13.3. The summed E-state index contributed by atoms with van der Waals surface area (Å²) in [6, 6.07) is 49.2. The molecule has 0 spiro atoms. The Labute approximate surface area is 698 Å². The standard InChI is InChI=1S/C23H21F3O5S.C23H21F3O4S.C22H16FNO5S.C22H17NO5S/c1-3-14-4-5-16(22(27)28)12-21(14)32(29,30)13-17-10-18(23(24,25)26)7-9-20(17)15-6-8-19(11-15)31-2;1-3-15-6-7-17(22(27)28)12-21(15)31(29,30)13-18-11-19(23(24,25)26)8-9-20(18)16-5-4-14(2)10-16;1-29-20-8-6-16(22(25)26)11-21(20)30(27,28)13-17-9-14(12-24)5-7-19(17)15-3-2-4-18(23)10-15;1-28-20-10-8-17(22(24)25)12-21(20)29(26,27)14-18-11-15(13-23)7-9-19(18)16-5-3-2-4-6-16/h4-10,12H,3,11,13H2,1-2H3,(H,27,28);4-9,11-12H,3,10,13H2,1-2H3,(H,27,28);2-11H,13H2,1H3,(H,25,26);2-12H,14H2,1H3,(H,24,25). The lowest BCUT2D eigenvalue weighted by Crippen LogP contribution is -2.13. The Morgan fingerprint density at radius 1 is 0.385 bits per heavy atom. The first-order chi connectivity index (χ1) is 57.5. The first-order valence-corrected chi connectivity index (χ1v) is 43.1. The third-order valence-electron chi connectivity index (χ3n) is 19.3. The number of carboxylic acids is 4. The second kappa shape index (κ2) is 38.8. The Morgan fingerprint density at radius 2 is 0.746 bits per heavy atom. The van der Waals surface area contributed by atoms with E-state index in [1.165, 1.54) is 118 Å². The highest BCUT2D eigenvalue weighted by Crippen LogP contribution is 2.41. The van der Waals surface area contributed by atoms with Gasteiger partial charge in [-0.2, -0.15) is 36.9 Å². The molecule has 0 amide bonds. The van der Waals surface area contributed by atoms with Gasteiger partial charge in [-0.05, 0) is 231 Å². The van der Waals surface area contributed by atoms with Crippen molar-refractivity contribution in [2.45, 2.75) is 101 Å². The largest absolute Gasteiger partial charge is 0.501 e. The number of halogens is 7. The van der Waals surface area contributed by atoms with E-state index in [2.05, 4.69) is 0 Å². The van der Waals surface area contributed by atoms with Gasteiger partial charge in [-0.1, -0.05) is 117 Å². The van der Waals surface area contributed by atoms with E-state index in [0.29, 0.717) is 87.1 Å². The predicted molar refractivity (Wildman–Crippen MR) is 439 cm³/mol. The number of alkyl halides is 6. The first-order valence-electron chi connectivity index (χ1n) is 36.5. The van der Waals surface area contributed by atoms with Crippen LogP contribution in [0, 0.1) is 28.5 Å². The number of benzene rings is 10. The number of ether oxygens (including phenoxy) is 3. The smallest absolute Gasteiger partial charge is 0.416 e. The lowest BCUT2D eigenvalue weighted by atomic mass is 9.96. The van der Waals surface area contributed by atoms with Crippen LogP contribution in [0.4, 0.5) is 30.7 Å². The number of aryl methyl sites for hydroxylation is 2. The van der Waals surface area contributed by atoms with Gasteiger partial charge in [0, 0.05) is 6.42 Å². The summed E-state index contributed by atoms with van der Waals surface area (Å²) in [6.45, 7) is 5.32. The van der Waals surface area contributed by atoms with E-state index in [0.717, 1.165) is 65.2 Å². The number of sulfone groups is 4. The van der Waals surface area contributed by atoms with E-state index in [4.69, 9.17) is 14.2 Å². The molecule has 4 N–H and O–H groups in total. The molecule has 2 aliphatic carbocycles. The van der Waals surface area contributed by atoms with Crippen LogP contribution in [0.15, 0.2) is 255 Å². The highest BCUT2D eigenvalue weighted by atomic mass is 32.2. The molecule has 0 aliphatic heterocycles. The molecule has 32 heteroatoms. The van der Waals surface area contributed by atoms with E-state index < -0.39 is 116 Å². The highest BCUT2D eigenvalue weighted by molar-refractivity contribution is 7.91. The van der Waals surface area contributed by atoms with Gasteiger partial charge in [0.05, 0.1) is 117 Å². The molecule has 122 heavy (non-hydrogen) atoms. The fraction of sp³-hybridized carbons (Fsp3) is 0.178. The Hall–Kier alpha value is -13.3. The molecular formula is C90H75F7N2O19S4. The third-order valence-corrected chi connectivity index (χ3v) is 26.2. The van der Waals surface area contributed by atoms with E-state index in [-0.39, 0.29) is 75.6 Å². The van der Waals surface area contributed by atoms with Crippen LogP contribution in [-0.2, 0) is 92.3 Å². The van der Waals surface area contributed by atoms with Gasteiger partial charge in [-0.15, -0.1) is 0 Å². The average molecular weight is 1750 g/mol. The Morgan fingerprint density at radius 3 is 1.10 bits per heavy atom. The molecular weight excluding hydrogens is 1670 g/mol. The monoisotopic (exact) mass is 1750 g/mol. The molecule has 632 valence electrons. The molecule has 2 aliphatic rings. The first kappa shape index (κ1) is 92.6. The Bertz CT molecular complexity index is 6480. The molecule has 0 bridgehead atoms. The van der Waals surface area contributed by atoms with Gasteiger partial charge < -0.3 is 34.6 Å². The minimum Gasteiger partial charge on any atom is -0.501 e. The number of methoxy groups -OCH3 is 3. The van der Waals surface area contributed by atoms with Crippen molar-refractivity contribution in [1.29, 1.82) is 10.5 Å². The highest BCUT2D eigenvalue weighted by Gasteiger charge is 2.36. The second-order valence-electron chi connectivity index (χ2n) is 27.5. The molecule has 0 saturated carbocycles. The third kappa shape index (κ3) is 22.8. The Kier molecular flexibility index (Phi) is 29.5. The van der Waals surface area contributed by atoms with Crippen molar-refractivity contribution >= 4 is 74.4 Å². The number of nitrogens with zero attached hydrogens (tertiary/aromatic N) is 2. The lowest BCUT2D eigenvalue weighted by Gasteiger charge is -2.16. The Balaban J connectivity index is 0.000000185. The van der Waals surface area contributed by atoms with E-state index in [1.807, 2.05) is 55.5 Å². The molecule has 10 aromatic carbocycles. The number of aromatic carboxylic acids is 4. The van der Waals surface area contributed by atoms with Crippen molar-refractivity contribution in [2.24, 2.45) is 0 Å². The normalized spacial score (nSPS) is 12.6. The number of nitriles is 2. The molecule has 0 unspecified atom stereocenters. The molecule has 0 aromatic heterocycles. The van der Waals surface area contributed by atoms with Crippen LogP contribution in [0.5, 0.6) is 11.5 Å². The zero-order chi connectivity index (χ0) is 89.6. The fourth-order valence-corrected chi connectivity index (χ4v) is 19.8. The van der Waals surface area contributed by atoms with Gasteiger partial charge in [-0.25, -0.2) is 57.2 Å². The number of carboxylic acid groups (broad SMARTS) is 4. The minimum atomic E-state index is -4.64. The zero-order valence-corrected chi connectivity index (χ0v) is 68.9. The van der Waals surface area contributed by atoms with Crippen molar-refractivity contribution in [1.82, 2.24) is 0 Å². The summed E-state index contributed by atoms with van der Waals surface area (Å²) in [7, 11) is -12.2. The number of carbonyl (C=O) groups is 4. The molecule has 0 radical (unpaired) electrons. The van der Waals surface area contributed by atoms with Crippen molar-refractivity contribution in [3.63, 3.8) is 0 Å². The van der Waals surface area contributed by atoms with Gasteiger partial charge >= 0.3 is 36.2 Å². The topological polar surface area (TPSA) is 361 Å². The van der Waals surface area contributed by atoms with Crippen LogP contribution in [0.2, 0.25) is 0 Å². The molecule has 0 heterocycles. The lowest BCUT2D eigenvalue weighted by molar-refractivity contribution is -0.138. The van der Waals surface area contributed by atoms with Crippen LogP contribution >= 0.6 is 0 Å². The summed E-state index contributed by atoms with van der Waals surface area (Å²) in [6.07, 6.45) is -0.794. The van der Waals surface area contributed by atoms with Crippen LogP contribution < -0.4 is 9.47 Å². The maximum atomic E-state index is 13.7. The molecule has 21 nitrogen and oxygen atoms in total. The van der Waals surface area contributed by atoms with E-state index in [9.17, 15) is 115 Å². The summed E-state index contributed by atoms with van der Waals surface area (Å²) in [5.41, 5.74) is 5.08. The van der Waals surface area contributed by atoms with Crippen LogP contribution in [-0.4, -0.2) is 99.3 Å². The van der Waals surface area contributed by atoms with Crippen molar-refractivity contribution < 1.29 is 118 Å². The zero-order valence-electron chi connectivity index (χ0n) is 65.6. The molecule has 0 saturated heterocycles. The van der Waals surface area contributed by atoms with Crippen LogP contribution in [0.25, 0.3) is 33.4 Å². The van der Waals surface area contributed by atoms with Crippen LogP contribution in [0.1, 0.15) is 142 Å². The predicted octanol–water partition coefficient (Wildman–Crippen LogP) is 18.9. The summed E-state index contributed by atoms with van der Waals surface area (Å²) in [5, 5.41) is 55.4. The second-order valence-corrected chi connectivity index (χ2v) is 35.3. The number of hydrogen-bond donors (Lipinski definition) is 4. The van der Waals surface area contributed by atoms with Crippen molar-refractivity contribution in [2.75, 3.05) is 21.3 Å². The molecule has 10 aromatic rings. The number of allylic oxidation sites excluding steroid dienone is 7. The minimum absolute atomic E-state index is 0.00347. The summed E-state index contributed by atoms with van der Waals surface area (Å²) in [4.78, 5) is 44.4. The van der Waals surface area contributed by atoms with Gasteiger partial charge in [-0.3, -0.25) is 0 Å². The van der Waals surface area contributed by atoms with E-state index in [1.54, 1.807) is 56.3 Å². The maximum Gasteiger partial charge on any atom is 0.416 e. The summed E-state index contributed by atoms with van der Waals surface area (Å²) in [5.74, 6) is -7.22. The summed E-state index contributed by atoms with van der Waals surface area (Å²) >= 11 is 0. The van der Waals surface area contributed by atoms with Gasteiger partial charge in [0.15, 0.2) is 39.3 Å². The van der Waals surface area contributed by atoms with E-state index >= 15 is 0 Å². The van der Waals surface area contributed by atoms with Gasteiger partial charge in [0.2, 0.25) is 0 Å². The van der Waals surface area contributed by atoms with Crippen LogP contribution in [0.3, 0.4) is 0 Å². The molecule has 0 atom stereocenters.